The molecule has 1 atom stereocenters. The van der Waals surface area contributed by atoms with E-state index in [2.05, 4.69) is 20.1 Å². The summed E-state index contributed by atoms with van der Waals surface area (Å²) in [4.78, 5) is 16.2. The summed E-state index contributed by atoms with van der Waals surface area (Å²) in [7, 11) is -3.89. The van der Waals surface area contributed by atoms with Gasteiger partial charge in [-0.2, -0.15) is 5.10 Å². The van der Waals surface area contributed by atoms with Crippen molar-refractivity contribution < 1.29 is 30.8 Å². The summed E-state index contributed by atoms with van der Waals surface area (Å²) in [5, 5.41) is 7.60. The number of sulfonamides is 1. The lowest BCUT2D eigenvalue weighted by Crippen LogP contribution is -2.26. The molecule has 3 aromatic rings. The second-order valence-electron chi connectivity index (χ2n) is 6.17. The smallest absolute Gasteiger partial charge is 0.282 e. The molecule has 2 heterocycles. The van der Waals surface area contributed by atoms with Crippen LogP contribution in [0.4, 0.5) is 28.4 Å². The first-order valence-corrected chi connectivity index (χ1v) is 10.9. The Hall–Kier alpha value is -3.00. The third-order valence-electron chi connectivity index (χ3n) is 4.06. The van der Waals surface area contributed by atoms with Crippen molar-refractivity contribution >= 4 is 38.1 Å². The molecule has 0 aliphatic rings. The first-order chi connectivity index (χ1) is 14.6. The zero-order chi connectivity index (χ0) is 22.8. The Bertz CT molecular complexity index is 1150. The van der Waals surface area contributed by atoms with Crippen LogP contribution in [0.15, 0.2) is 46.8 Å². The van der Waals surface area contributed by atoms with Crippen LogP contribution < -0.4 is 10.0 Å². The minimum absolute atomic E-state index is 0.0950. The maximum absolute atomic E-state index is 13.1. The van der Waals surface area contributed by atoms with Crippen molar-refractivity contribution in [2.24, 2.45) is 0 Å². The highest BCUT2D eigenvalue weighted by Crippen LogP contribution is 2.28. The maximum atomic E-state index is 13.1. The van der Waals surface area contributed by atoms with Crippen molar-refractivity contribution in [3.8, 4) is 0 Å². The number of benzene rings is 1. The number of nitrogens with one attached hydrogen (secondary N) is 2. The van der Waals surface area contributed by atoms with Crippen molar-refractivity contribution in [1.82, 2.24) is 14.8 Å². The fourth-order valence-electron chi connectivity index (χ4n) is 2.53. The van der Waals surface area contributed by atoms with Gasteiger partial charge in [0, 0.05) is 17.3 Å². The largest absolute Gasteiger partial charge is 0.324 e. The van der Waals surface area contributed by atoms with E-state index in [4.69, 9.17) is 0 Å². The van der Waals surface area contributed by atoms with E-state index in [0.717, 1.165) is 11.3 Å². The van der Waals surface area contributed by atoms with Gasteiger partial charge in [-0.1, -0.05) is 0 Å². The van der Waals surface area contributed by atoms with Gasteiger partial charge in [0.25, 0.3) is 22.9 Å². The molecule has 0 fully saturated rings. The summed E-state index contributed by atoms with van der Waals surface area (Å²) in [5.74, 6) is -0.803. The van der Waals surface area contributed by atoms with Gasteiger partial charge in [0.05, 0.1) is 4.90 Å². The lowest BCUT2D eigenvalue weighted by atomic mass is 10.2. The molecule has 1 aromatic carbocycles. The molecule has 166 valence electrons. The lowest BCUT2D eigenvalue weighted by Gasteiger charge is -2.15. The first kappa shape index (κ1) is 22.7. The van der Waals surface area contributed by atoms with E-state index in [1.54, 1.807) is 5.38 Å². The molecule has 3 rings (SSSR count). The number of rotatable bonds is 8. The third-order valence-corrected chi connectivity index (χ3v) is 6.24. The number of alkyl halides is 4. The van der Waals surface area contributed by atoms with Gasteiger partial charge in [-0.3, -0.25) is 14.2 Å². The number of halogens is 4. The molecular weight excluding hydrogens is 462 g/mol. The second kappa shape index (κ2) is 9.01. The second-order valence-corrected chi connectivity index (χ2v) is 8.75. The molecule has 0 bridgehead atoms. The topological polar surface area (TPSA) is 106 Å². The number of aromatic nitrogens is 3. The van der Waals surface area contributed by atoms with Crippen LogP contribution >= 0.6 is 11.3 Å². The summed E-state index contributed by atoms with van der Waals surface area (Å²) in [6.07, 6.45) is -4.74. The molecule has 31 heavy (non-hydrogen) atoms. The van der Waals surface area contributed by atoms with Crippen LogP contribution in [0.25, 0.3) is 0 Å². The Morgan fingerprint density at radius 3 is 2.35 bits per heavy atom. The molecule has 0 aliphatic heterocycles. The predicted octanol–water partition coefficient (Wildman–Crippen LogP) is 4.22. The number of nitrogens with zero attached hydrogens (tertiary/aromatic N) is 3. The summed E-state index contributed by atoms with van der Waals surface area (Å²) < 4.78 is 79.4. The van der Waals surface area contributed by atoms with Gasteiger partial charge in [0.1, 0.15) is 17.4 Å². The highest BCUT2D eigenvalue weighted by atomic mass is 32.2. The molecule has 1 amide bonds. The van der Waals surface area contributed by atoms with Crippen LogP contribution in [-0.2, 0) is 14.8 Å². The van der Waals surface area contributed by atoms with E-state index in [9.17, 15) is 30.8 Å². The first-order valence-electron chi connectivity index (χ1n) is 8.57. The average molecular weight is 477 g/mol. The zero-order valence-corrected chi connectivity index (χ0v) is 17.3. The van der Waals surface area contributed by atoms with E-state index in [-0.39, 0.29) is 15.7 Å². The maximum Gasteiger partial charge on any atom is 0.282 e. The number of thiazole rings is 1. The van der Waals surface area contributed by atoms with Gasteiger partial charge in [-0.15, -0.1) is 11.3 Å². The third kappa shape index (κ3) is 5.19. The molecule has 0 radical (unpaired) electrons. The average Bonchev–Trinajstić information content (AvgIpc) is 3.37. The molecule has 0 spiro atoms. The minimum atomic E-state index is -3.89. The Morgan fingerprint density at radius 2 is 1.81 bits per heavy atom. The molecule has 0 saturated heterocycles. The van der Waals surface area contributed by atoms with Crippen LogP contribution in [0.5, 0.6) is 0 Å². The van der Waals surface area contributed by atoms with Gasteiger partial charge in [0.15, 0.2) is 5.13 Å². The zero-order valence-electron chi connectivity index (χ0n) is 15.7. The summed E-state index contributed by atoms with van der Waals surface area (Å²) in [6, 6.07) is 4.26. The Kier molecular flexibility index (Phi) is 6.59. The summed E-state index contributed by atoms with van der Waals surface area (Å²) >= 11 is 1.10. The number of anilines is 2. The molecule has 1 unspecified atom stereocenters. The quantitative estimate of drug-likeness (QED) is 0.473. The van der Waals surface area contributed by atoms with Gasteiger partial charge < -0.3 is 5.32 Å². The van der Waals surface area contributed by atoms with Gasteiger partial charge in [0.2, 0.25) is 5.91 Å². The molecule has 2 aromatic heterocycles. The molecule has 0 saturated carbocycles. The number of hydrogen-bond donors (Lipinski definition) is 2. The SMILES string of the molecule is CC(C(=O)Nc1ccc(S(=O)(=O)Nc2nccs2)cc1)n1nc(C(F)F)cc1C(F)F. The van der Waals surface area contributed by atoms with Crippen LogP contribution in [-0.4, -0.2) is 29.1 Å². The fraction of sp³-hybridized carbons (Fsp3) is 0.235. The molecular formula is C17H15F4N5O3S2. The molecule has 14 heteroatoms. The molecule has 0 aliphatic carbocycles. The van der Waals surface area contributed by atoms with Crippen molar-refractivity contribution in [2.45, 2.75) is 30.7 Å². The number of hydrogen-bond acceptors (Lipinski definition) is 6. The standard InChI is InChI=1S/C17H15F4N5O3S2/c1-9(26-13(15(20)21)8-12(24-26)14(18)19)16(27)23-10-2-4-11(5-3-10)31(28,29)25-17-22-6-7-30-17/h2-9,14-15H,1H3,(H,22,25)(H,23,27). The van der Waals surface area contributed by atoms with Crippen molar-refractivity contribution in [1.29, 1.82) is 0 Å². The van der Waals surface area contributed by atoms with Gasteiger partial charge in [-0.25, -0.2) is 31.0 Å². The number of carbonyl (C=O) groups excluding carboxylic acids is 1. The van der Waals surface area contributed by atoms with E-state index in [1.807, 2.05) is 0 Å². The monoisotopic (exact) mass is 477 g/mol. The van der Waals surface area contributed by atoms with E-state index in [0.29, 0.717) is 10.7 Å². The Morgan fingerprint density at radius 1 is 1.13 bits per heavy atom. The normalized spacial score (nSPS) is 12.9. The van der Waals surface area contributed by atoms with Crippen molar-refractivity contribution in [3.63, 3.8) is 0 Å². The van der Waals surface area contributed by atoms with Crippen molar-refractivity contribution in [2.75, 3.05) is 10.0 Å². The fourth-order valence-corrected chi connectivity index (χ4v) is 4.32. The number of amides is 1. The molecule has 8 nitrogen and oxygen atoms in total. The Balaban J connectivity index is 1.74. The Labute approximate surface area is 178 Å². The van der Waals surface area contributed by atoms with Gasteiger partial charge in [-0.05, 0) is 37.3 Å². The van der Waals surface area contributed by atoms with Crippen LogP contribution in [0, 0.1) is 0 Å². The summed E-state index contributed by atoms with van der Waals surface area (Å²) in [5.41, 5.74) is -1.50. The van der Waals surface area contributed by atoms with E-state index in [1.165, 1.54) is 37.4 Å². The van der Waals surface area contributed by atoms with E-state index >= 15 is 0 Å². The lowest BCUT2D eigenvalue weighted by molar-refractivity contribution is -0.119. The predicted molar refractivity (Wildman–Crippen MR) is 105 cm³/mol. The van der Waals surface area contributed by atoms with Crippen LogP contribution in [0.3, 0.4) is 0 Å². The van der Waals surface area contributed by atoms with Crippen LogP contribution in [0.1, 0.15) is 37.2 Å². The minimum Gasteiger partial charge on any atom is -0.324 e. The van der Waals surface area contributed by atoms with Gasteiger partial charge >= 0.3 is 0 Å². The van der Waals surface area contributed by atoms with E-state index < -0.39 is 46.2 Å². The summed E-state index contributed by atoms with van der Waals surface area (Å²) in [6.45, 7) is 1.22. The highest BCUT2D eigenvalue weighted by Gasteiger charge is 2.27. The highest BCUT2D eigenvalue weighted by molar-refractivity contribution is 7.93. The number of carbonyl (C=O) groups is 1. The molecule has 2 N–H and O–H groups in total. The van der Waals surface area contributed by atoms with Crippen molar-refractivity contribution in [3.05, 3.63) is 53.3 Å². The van der Waals surface area contributed by atoms with Crippen LogP contribution in [0.2, 0.25) is 0 Å².